The molecule has 0 spiro atoms. The number of fused-ring (bicyclic) bond motifs is 1. The summed E-state index contributed by atoms with van der Waals surface area (Å²) in [6, 6.07) is 8.01. The van der Waals surface area contributed by atoms with Gasteiger partial charge >= 0.3 is 0 Å². The number of aryl methyl sites for hydroxylation is 2. The normalized spacial score (nSPS) is 12.7. The zero-order chi connectivity index (χ0) is 21.7. The molecule has 1 heterocycles. The summed E-state index contributed by atoms with van der Waals surface area (Å²) in [4.78, 5) is 4.83. The van der Waals surface area contributed by atoms with Crippen molar-refractivity contribution >= 4 is 21.1 Å². The van der Waals surface area contributed by atoms with Gasteiger partial charge in [0.15, 0.2) is 0 Å². The van der Waals surface area contributed by atoms with E-state index in [9.17, 15) is 8.42 Å². The average molecular weight is 413 g/mol. The summed E-state index contributed by atoms with van der Waals surface area (Å²) < 4.78 is 29.3. The molecule has 0 aliphatic rings. The third kappa shape index (κ3) is 3.73. The number of hydrogen-bond acceptors (Lipinski definition) is 3. The zero-order valence-corrected chi connectivity index (χ0v) is 19.6. The first-order valence-electron chi connectivity index (χ1n) is 10.3. The predicted molar refractivity (Wildman–Crippen MR) is 120 cm³/mol. The quantitative estimate of drug-likeness (QED) is 0.497. The largest absolute Gasteiger partial charge is 0.270 e. The van der Waals surface area contributed by atoms with Gasteiger partial charge in [0.25, 0.3) is 10.0 Å². The molecule has 0 aliphatic heterocycles. The molecule has 0 saturated heterocycles. The molecule has 1 aromatic heterocycles. The van der Waals surface area contributed by atoms with Gasteiger partial charge in [0.1, 0.15) is 6.33 Å². The molecule has 0 bridgehead atoms. The summed E-state index contributed by atoms with van der Waals surface area (Å²) in [5.41, 5.74) is 6.43. The fraction of sp³-hybridized carbons (Fsp3) is 0.458. The lowest BCUT2D eigenvalue weighted by Gasteiger charge is -2.23. The van der Waals surface area contributed by atoms with Crippen molar-refractivity contribution in [2.24, 2.45) is 0 Å². The van der Waals surface area contributed by atoms with Crippen LogP contribution < -0.4 is 0 Å². The highest BCUT2D eigenvalue weighted by atomic mass is 32.2. The monoisotopic (exact) mass is 412 g/mol. The van der Waals surface area contributed by atoms with Gasteiger partial charge < -0.3 is 0 Å². The van der Waals surface area contributed by atoms with Gasteiger partial charge in [0.2, 0.25) is 0 Å². The highest BCUT2D eigenvalue weighted by molar-refractivity contribution is 7.90. The van der Waals surface area contributed by atoms with Crippen LogP contribution in [0.2, 0.25) is 0 Å². The first-order valence-corrected chi connectivity index (χ1v) is 11.8. The van der Waals surface area contributed by atoms with Crippen molar-refractivity contribution in [2.45, 2.75) is 78.0 Å². The van der Waals surface area contributed by atoms with Gasteiger partial charge in [0, 0.05) is 0 Å². The van der Waals surface area contributed by atoms with Gasteiger partial charge in [0.05, 0.1) is 15.9 Å². The average Bonchev–Trinajstić information content (AvgIpc) is 3.04. The van der Waals surface area contributed by atoms with E-state index in [0.717, 1.165) is 22.3 Å². The van der Waals surface area contributed by atoms with E-state index in [1.807, 2.05) is 26.0 Å². The summed E-state index contributed by atoms with van der Waals surface area (Å²) >= 11 is 0. The second kappa shape index (κ2) is 7.60. The van der Waals surface area contributed by atoms with E-state index in [2.05, 4.69) is 58.7 Å². The van der Waals surface area contributed by atoms with Crippen molar-refractivity contribution in [2.75, 3.05) is 0 Å². The fourth-order valence-electron chi connectivity index (χ4n) is 3.72. The van der Waals surface area contributed by atoms with Gasteiger partial charge in [-0.15, -0.1) is 0 Å². The lowest BCUT2D eigenvalue weighted by molar-refractivity contribution is 0.583. The molecule has 0 atom stereocenters. The maximum atomic E-state index is 14.0. The lowest BCUT2D eigenvalue weighted by Crippen LogP contribution is -2.18. The standard InChI is InChI=1S/C24H32N2O2S/c1-14(2)19-11-20(15(3)4)24(21(12-19)16(5)6)29(27,28)26-13-25-22-9-17(7)18(8)10-23(22)26/h9-16H,1-8H3. The molecule has 156 valence electrons. The van der Waals surface area contributed by atoms with Crippen LogP contribution in [0, 0.1) is 13.8 Å². The van der Waals surface area contributed by atoms with E-state index >= 15 is 0 Å². The van der Waals surface area contributed by atoms with Crippen LogP contribution in [-0.4, -0.2) is 17.4 Å². The third-order valence-electron chi connectivity index (χ3n) is 5.73. The van der Waals surface area contributed by atoms with Crippen molar-refractivity contribution < 1.29 is 8.42 Å². The van der Waals surface area contributed by atoms with E-state index in [-0.39, 0.29) is 11.8 Å². The number of hydrogen-bond donors (Lipinski definition) is 0. The summed E-state index contributed by atoms with van der Waals surface area (Å²) in [6.45, 7) is 16.5. The molecular weight excluding hydrogens is 380 g/mol. The Hall–Kier alpha value is -2.14. The van der Waals surface area contributed by atoms with Gasteiger partial charge in [-0.05, 0) is 71.6 Å². The third-order valence-corrected chi connectivity index (χ3v) is 7.52. The molecule has 3 aromatic rings. The van der Waals surface area contributed by atoms with Crippen molar-refractivity contribution in [3.8, 4) is 0 Å². The molecule has 0 saturated carbocycles. The minimum atomic E-state index is -3.79. The van der Waals surface area contributed by atoms with Crippen molar-refractivity contribution in [3.63, 3.8) is 0 Å². The first-order chi connectivity index (χ1) is 13.4. The molecule has 0 aliphatic carbocycles. The first kappa shape index (κ1) is 21.6. The molecule has 0 N–H and O–H groups in total. The summed E-state index contributed by atoms with van der Waals surface area (Å²) in [5, 5.41) is 0. The van der Waals surface area contributed by atoms with E-state index in [0.29, 0.717) is 21.8 Å². The van der Waals surface area contributed by atoms with Crippen LogP contribution in [0.3, 0.4) is 0 Å². The Kier molecular flexibility index (Phi) is 5.65. The lowest BCUT2D eigenvalue weighted by atomic mass is 9.89. The van der Waals surface area contributed by atoms with Crippen LogP contribution in [0.5, 0.6) is 0 Å². The van der Waals surface area contributed by atoms with Crippen LogP contribution in [-0.2, 0) is 10.0 Å². The Bertz CT molecular complexity index is 1140. The SMILES string of the molecule is Cc1cc2ncn(S(=O)(=O)c3c(C(C)C)cc(C(C)C)cc3C(C)C)c2cc1C. The van der Waals surface area contributed by atoms with Gasteiger partial charge in [-0.1, -0.05) is 53.7 Å². The Balaban J connectivity index is 2.39. The molecule has 0 amide bonds. The van der Waals surface area contributed by atoms with E-state index in [1.165, 1.54) is 15.9 Å². The molecule has 2 aromatic carbocycles. The van der Waals surface area contributed by atoms with Gasteiger partial charge in [-0.2, -0.15) is 0 Å². The van der Waals surface area contributed by atoms with Crippen LogP contribution in [0.25, 0.3) is 11.0 Å². The molecule has 29 heavy (non-hydrogen) atoms. The second-order valence-electron chi connectivity index (χ2n) is 8.96. The molecule has 0 fully saturated rings. The number of aromatic nitrogens is 2. The Morgan fingerprint density at radius 3 is 1.79 bits per heavy atom. The van der Waals surface area contributed by atoms with Crippen LogP contribution in [0.15, 0.2) is 35.5 Å². The predicted octanol–water partition coefficient (Wildman–Crippen LogP) is 6.26. The maximum Gasteiger partial charge on any atom is 0.270 e. The van der Waals surface area contributed by atoms with E-state index in [4.69, 9.17) is 0 Å². The van der Waals surface area contributed by atoms with Crippen molar-refractivity contribution in [3.05, 3.63) is 58.4 Å². The Morgan fingerprint density at radius 1 is 0.793 bits per heavy atom. The molecular formula is C24H32N2O2S. The van der Waals surface area contributed by atoms with E-state index < -0.39 is 10.0 Å². The summed E-state index contributed by atoms with van der Waals surface area (Å²) in [7, 11) is -3.79. The van der Waals surface area contributed by atoms with Crippen LogP contribution in [0.4, 0.5) is 0 Å². The fourth-order valence-corrected chi connectivity index (χ4v) is 5.68. The van der Waals surface area contributed by atoms with Crippen molar-refractivity contribution in [1.29, 1.82) is 0 Å². The minimum Gasteiger partial charge on any atom is -0.236 e. The number of rotatable bonds is 5. The molecule has 3 rings (SSSR count). The molecule has 5 heteroatoms. The van der Waals surface area contributed by atoms with Gasteiger partial charge in [-0.3, -0.25) is 0 Å². The van der Waals surface area contributed by atoms with Crippen molar-refractivity contribution in [1.82, 2.24) is 8.96 Å². The highest BCUT2D eigenvalue weighted by Crippen LogP contribution is 2.37. The molecule has 4 nitrogen and oxygen atoms in total. The second-order valence-corrected chi connectivity index (χ2v) is 10.7. The number of imidazole rings is 1. The van der Waals surface area contributed by atoms with Crippen LogP contribution >= 0.6 is 0 Å². The molecule has 0 radical (unpaired) electrons. The van der Waals surface area contributed by atoms with Gasteiger partial charge in [-0.25, -0.2) is 17.4 Å². The van der Waals surface area contributed by atoms with Crippen LogP contribution in [0.1, 0.15) is 87.1 Å². The number of benzene rings is 2. The zero-order valence-electron chi connectivity index (χ0n) is 18.7. The topological polar surface area (TPSA) is 52.0 Å². The van der Waals surface area contributed by atoms with E-state index in [1.54, 1.807) is 0 Å². The Morgan fingerprint density at radius 2 is 1.31 bits per heavy atom. The highest BCUT2D eigenvalue weighted by Gasteiger charge is 2.29. The summed E-state index contributed by atoms with van der Waals surface area (Å²) in [6.07, 6.45) is 1.45. The number of nitrogens with zero attached hydrogens (tertiary/aromatic N) is 2. The Labute approximate surface area is 175 Å². The minimum absolute atomic E-state index is 0.0924. The maximum absolute atomic E-state index is 14.0. The molecule has 0 unspecified atom stereocenters. The smallest absolute Gasteiger partial charge is 0.236 e. The summed E-state index contributed by atoms with van der Waals surface area (Å²) in [5.74, 6) is 0.519.